The quantitative estimate of drug-likeness (QED) is 0.838. The lowest BCUT2D eigenvalue weighted by atomic mass is 9.92. The molecule has 2 aliphatic rings. The van der Waals surface area contributed by atoms with Gasteiger partial charge in [-0.25, -0.2) is 0 Å². The maximum Gasteiger partial charge on any atom is 0.209 e. The van der Waals surface area contributed by atoms with Gasteiger partial charge in [0.15, 0.2) is 5.78 Å². The van der Waals surface area contributed by atoms with Crippen molar-refractivity contribution in [2.45, 2.75) is 44.6 Å². The number of ketones is 2. The van der Waals surface area contributed by atoms with Crippen LogP contribution in [-0.4, -0.2) is 17.6 Å². The zero-order chi connectivity index (χ0) is 13.9. The summed E-state index contributed by atoms with van der Waals surface area (Å²) >= 11 is 0. The molecule has 1 fully saturated rings. The molecular formula is C17H19NO2. The highest BCUT2D eigenvalue weighted by atomic mass is 16.1. The number of Topliss-reactive ketones (excluding diaryl/α,β-unsaturated/α-hetero) is 1. The van der Waals surface area contributed by atoms with Crippen molar-refractivity contribution < 1.29 is 9.59 Å². The minimum absolute atomic E-state index is 0.0514. The number of carbonyl (C=O) groups is 2. The summed E-state index contributed by atoms with van der Waals surface area (Å²) in [5, 5.41) is 3.31. The van der Waals surface area contributed by atoms with E-state index in [0.29, 0.717) is 22.9 Å². The zero-order valence-electron chi connectivity index (χ0n) is 11.5. The van der Waals surface area contributed by atoms with Gasteiger partial charge in [0.25, 0.3) is 0 Å². The summed E-state index contributed by atoms with van der Waals surface area (Å²) in [6, 6.07) is 7.37. The van der Waals surface area contributed by atoms with Crippen molar-refractivity contribution in [2.24, 2.45) is 0 Å². The highest BCUT2D eigenvalue weighted by Crippen LogP contribution is 2.23. The van der Waals surface area contributed by atoms with Crippen LogP contribution in [0.15, 0.2) is 36.0 Å². The second-order valence-electron chi connectivity index (χ2n) is 5.63. The molecule has 104 valence electrons. The molecule has 3 nitrogen and oxygen atoms in total. The lowest BCUT2D eigenvalue weighted by molar-refractivity contribution is 0.0976. The Labute approximate surface area is 119 Å². The number of carbonyl (C=O) groups excluding carboxylic acids is 2. The molecule has 1 saturated carbocycles. The average molecular weight is 269 g/mol. The normalized spacial score (nSPS) is 20.1. The first kappa shape index (κ1) is 13.1. The molecule has 0 aromatic heterocycles. The third-order valence-electron chi connectivity index (χ3n) is 4.17. The molecule has 3 rings (SSSR count). The van der Waals surface area contributed by atoms with Crippen LogP contribution in [-0.2, 0) is 0 Å². The minimum atomic E-state index is -0.0729. The molecule has 0 saturated heterocycles. The van der Waals surface area contributed by atoms with Crippen molar-refractivity contribution in [1.29, 1.82) is 0 Å². The highest BCUT2D eigenvalue weighted by Gasteiger charge is 2.26. The van der Waals surface area contributed by atoms with Crippen molar-refractivity contribution in [1.82, 2.24) is 5.32 Å². The Morgan fingerprint density at radius 1 is 0.900 bits per heavy atom. The molecule has 20 heavy (non-hydrogen) atoms. The maximum atomic E-state index is 12.4. The van der Waals surface area contributed by atoms with Gasteiger partial charge in [-0.05, 0) is 12.8 Å². The van der Waals surface area contributed by atoms with Crippen LogP contribution in [0.3, 0.4) is 0 Å². The molecule has 0 unspecified atom stereocenters. The van der Waals surface area contributed by atoms with Crippen LogP contribution >= 0.6 is 0 Å². The van der Waals surface area contributed by atoms with Crippen LogP contribution in [0.25, 0.3) is 0 Å². The molecule has 1 aromatic rings. The maximum absolute atomic E-state index is 12.4. The number of nitrogens with one attached hydrogen (secondary N) is 1. The van der Waals surface area contributed by atoms with E-state index in [-0.39, 0.29) is 11.6 Å². The van der Waals surface area contributed by atoms with E-state index in [9.17, 15) is 9.59 Å². The molecule has 0 amide bonds. The number of benzene rings is 1. The number of hydrogen-bond acceptors (Lipinski definition) is 3. The first-order chi connectivity index (χ1) is 9.75. The zero-order valence-corrected chi connectivity index (χ0v) is 11.5. The lowest BCUT2D eigenvalue weighted by Gasteiger charge is -2.22. The van der Waals surface area contributed by atoms with E-state index in [1.807, 2.05) is 0 Å². The van der Waals surface area contributed by atoms with Crippen LogP contribution in [0.4, 0.5) is 0 Å². The second kappa shape index (κ2) is 5.61. The summed E-state index contributed by atoms with van der Waals surface area (Å²) in [7, 11) is 0. The summed E-state index contributed by atoms with van der Waals surface area (Å²) in [5.74, 6) is -0.124. The van der Waals surface area contributed by atoms with Crippen molar-refractivity contribution in [2.75, 3.05) is 0 Å². The van der Waals surface area contributed by atoms with E-state index < -0.39 is 0 Å². The molecule has 0 atom stereocenters. The van der Waals surface area contributed by atoms with Gasteiger partial charge >= 0.3 is 0 Å². The van der Waals surface area contributed by atoms with Gasteiger partial charge in [-0.15, -0.1) is 0 Å². The Morgan fingerprint density at radius 2 is 1.55 bits per heavy atom. The summed E-state index contributed by atoms with van der Waals surface area (Å²) in [6.45, 7) is 0. The predicted octanol–water partition coefficient (Wildman–Crippen LogP) is 3.26. The van der Waals surface area contributed by atoms with Gasteiger partial charge in [0.2, 0.25) is 5.78 Å². The molecule has 1 aromatic carbocycles. The Balaban J connectivity index is 1.81. The largest absolute Gasteiger partial charge is 0.379 e. The average Bonchev–Trinajstić information content (AvgIpc) is 2.73. The van der Waals surface area contributed by atoms with Gasteiger partial charge in [0.05, 0.1) is 5.70 Å². The van der Waals surface area contributed by atoms with Crippen molar-refractivity contribution in [3.8, 4) is 0 Å². The highest BCUT2D eigenvalue weighted by molar-refractivity contribution is 6.24. The van der Waals surface area contributed by atoms with E-state index in [2.05, 4.69) is 5.32 Å². The fraction of sp³-hybridized carbons (Fsp3) is 0.412. The topological polar surface area (TPSA) is 46.2 Å². The Hall–Kier alpha value is -1.90. The van der Waals surface area contributed by atoms with Gasteiger partial charge in [-0.2, -0.15) is 0 Å². The van der Waals surface area contributed by atoms with Crippen LogP contribution in [0.1, 0.15) is 59.2 Å². The third kappa shape index (κ3) is 2.53. The van der Waals surface area contributed by atoms with E-state index in [1.165, 1.54) is 31.8 Å². The lowest BCUT2D eigenvalue weighted by Crippen LogP contribution is -2.34. The van der Waals surface area contributed by atoms with Crippen LogP contribution in [0.5, 0.6) is 0 Å². The first-order valence-electron chi connectivity index (χ1n) is 7.42. The number of hydrogen-bond donors (Lipinski definition) is 1. The second-order valence-corrected chi connectivity index (χ2v) is 5.63. The van der Waals surface area contributed by atoms with Gasteiger partial charge in [0.1, 0.15) is 0 Å². The minimum Gasteiger partial charge on any atom is -0.379 e. The Morgan fingerprint density at radius 3 is 2.25 bits per heavy atom. The number of fused-ring (bicyclic) bond motifs is 1. The molecule has 0 bridgehead atoms. The van der Waals surface area contributed by atoms with E-state index >= 15 is 0 Å². The molecule has 0 spiro atoms. The summed E-state index contributed by atoms with van der Waals surface area (Å²) in [6.07, 6.45) is 8.57. The standard InChI is InChI=1S/C17H19NO2/c19-16-11-15(18-12-7-3-1-2-4-8-12)17(20)14-10-6-5-9-13(14)16/h5-6,9-12,18H,1-4,7-8H2. The first-order valence-corrected chi connectivity index (χ1v) is 7.42. The molecule has 2 aliphatic carbocycles. The van der Waals surface area contributed by atoms with Crippen LogP contribution in [0, 0.1) is 0 Å². The van der Waals surface area contributed by atoms with Crippen molar-refractivity contribution in [3.63, 3.8) is 0 Å². The Bertz CT molecular complexity index is 566. The van der Waals surface area contributed by atoms with Crippen molar-refractivity contribution >= 4 is 11.6 Å². The van der Waals surface area contributed by atoms with Gasteiger partial charge < -0.3 is 5.32 Å². The van der Waals surface area contributed by atoms with Gasteiger partial charge in [-0.3, -0.25) is 9.59 Å². The molecule has 3 heteroatoms. The summed E-state index contributed by atoms with van der Waals surface area (Å²) in [4.78, 5) is 24.5. The summed E-state index contributed by atoms with van der Waals surface area (Å²) in [5.41, 5.74) is 1.51. The fourth-order valence-electron chi connectivity index (χ4n) is 3.07. The van der Waals surface area contributed by atoms with E-state index in [4.69, 9.17) is 0 Å². The summed E-state index contributed by atoms with van der Waals surface area (Å²) < 4.78 is 0. The van der Waals surface area contributed by atoms with Gasteiger partial charge in [0, 0.05) is 23.2 Å². The number of rotatable bonds is 2. The monoisotopic (exact) mass is 269 g/mol. The molecule has 0 heterocycles. The molecule has 0 radical (unpaired) electrons. The van der Waals surface area contributed by atoms with E-state index in [1.54, 1.807) is 24.3 Å². The third-order valence-corrected chi connectivity index (χ3v) is 4.17. The number of allylic oxidation sites excluding steroid dienone is 2. The fourth-order valence-corrected chi connectivity index (χ4v) is 3.07. The van der Waals surface area contributed by atoms with Crippen LogP contribution in [0.2, 0.25) is 0 Å². The smallest absolute Gasteiger partial charge is 0.209 e. The Kier molecular flexibility index (Phi) is 3.68. The van der Waals surface area contributed by atoms with Gasteiger partial charge in [-0.1, -0.05) is 49.9 Å². The molecule has 1 N–H and O–H groups in total. The molecular weight excluding hydrogens is 250 g/mol. The molecule has 0 aliphatic heterocycles. The van der Waals surface area contributed by atoms with Crippen molar-refractivity contribution in [3.05, 3.63) is 47.2 Å². The van der Waals surface area contributed by atoms with E-state index in [0.717, 1.165) is 12.8 Å². The predicted molar refractivity (Wildman–Crippen MR) is 77.8 cm³/mol. The SMILES string of the molecule is O=C1C=C(NC2CCCCCC2)C(=O)c2ccccc21. The van der Waals surface area contributed by atoms with Crippen LogP contribution < -0.4 is 5.32 Å².